The molecule has 0 N–H and O–H groups in total. The number of hydrogen-bond donors (Lipinski definition) is 0. The molecule has 0 aliphatic heterocycles. The Bertz CT molecular complexity index is 408. The molecule has 1 heterocycles. The van der Waals surface area contributed by atoms with Crippen molar-refractivity contribution in [3.05, 3.63) is 18.2 Å². The van der Waals surface area contributed by atoms with E-state index in [2.05, 4.69) is 16.5 Å². The summed E-state index contributed by atoms with van der Waals surface area (Å²) < 4.78 is 7.10. The van der Waals surface area contributed by atoms with E-state index in [1.54, 1.807) is 6.33 Å². The minimum Gasteiger partial charge on any atom is -0.461 e. The quantitative estimate of drug-likeness (QED) is 0.763. The number of aromatic nitrogens is 2. The van der Waals surface area contributed by atoms with Gasteiger partial charge in [-0.1, -0.05) is 26.2 Å². The van der Waals surface area contributed by atoms with Crippen LogP contribution in [0, 0.1) is 5.92 Å². The van der Waals surface area contributed by atoms with Gasteiger partial charge in [0.1, 0.15) is 0 Å². The summed E-state index contributed by atoms with van der Waals surface area (Å²) in [4.78, 5) is 15.8. The molecule has 0 spiro atoms. The number of imidazole rings is 1. The molecule has 0 bridgehead atoms. The largest absolute Gasteiger partial charge is 0.461 e. The second-order valence-corrected chi connectivity index (χ2v) is 5.30. The first kappa shape index (κ1) is 14.1. The van der Waals surface area contributed by atoms with Crippen LogP contribution in [0.2, 0.25) is 0 Å². The molecule has 0 radical (unpaired) electrons. The molecule has 1 aromatic heterocycles. The summed E-state index contributed by atoms with van der Waals surface area (Å²) in [6.45, 7) is 4.42. The minimum atomic E-state index is -0.320. The highest BCUT2D eigenvalue weighted by Crippen LogP contribution is 2.34. The number of esters is 1. The van der Waals surface area contributed by atoms with Crippen LogP contribution < -0.4 is 0 Å². The molecule has 1 aliphatic rings. The second-order valence-electron chi connectivity index (χ2n) is 5.30. The van der Waals surface area contributed by atoms with E-state index in [1.807, 2.05) is 13.1 Å². The zero-order chi connectivity index (χ0) is 13.7. The predicted molar refractivity (Wildman–Crippen MR) is 74.1 cm³/mol. The van der Waals surface area contributed by atoms with Crippen LogP contribution >= 0.6 is 0 Å². The van der Waals surface area contributed by atoms with Crippen LogP contribution in [-0.4, -0.2) is 22.1 Å². The van der Waals surface area contributed by atoms with Crippen LogP contribution in [0.3, 0.4) is 0 Å². The molecule has 4 nitrogen and oxygen atoms in total. The van der Waals surface area contributed by atoms with E-state index >= 15 is 0 Å². The molecule has 1 unspecified atom stereocenters. The molecule has 2 rings (SSSR count). The third-order valence-electron chi connectivity index (χ3n) is 4.08. The van der Waals surface area contributed by atoms with Crippen LogP contribution in [0.25, 0.3) is 0 Å². The lowest BCUT2D eigenvalue weighted by Crippen LogP contribution is -2.20. The molecule has 1 aliphatic carbocycles. The molecule has 1 saturated carbocycles. The molecule has 0 amide bonds. The van der Waals surface area contributed by atoms with Crippen molar-refractivity contribution in [3.8, 4) is 0 Å². The average molecular weight is 264 g/mol. The Labute approximate surface area is 115 Å². The van der Waals surface area contributed by atoms with Crippen molar-refractivity contribution in [2.24, 2.45) is 5.92 Å². The first-order valence-electron chi connectivity index (χ1n) is 7.46. The van der Waals surface area contributed by atoms with Gasteiger partial charge in [0.05, 0.1) is 12.9 Å². The van der Waals surface area contributed by atoms with E-state index in [0.717, 1.165) is 12.3 Å². The highest BCUT2D eigenvalue weighted by atomic mass is 16.5. The number of hydrogen-bond acceptors (Lipinski definition) is 3. The van der Waals surface area contributed by atoms with E-state index in [0.29, 0.717) is 18.3 Å². The Morgan fingerprint density at radius 1 is 1.42 bits per heavy atom. The maximum absolute atomic E-state index is 11.6. The summed E-state index contributed by atoms with van der Waals surface area (Å²) in [6.07, 6.45) is 11.3. The third kappa shape index (κ3) is 3.37. The molecular formula is C15H24N2O2. The van der Waals surface area contributed by atoms with Crippen molar-refractivity contribution in [1.29, 1.82) is 0 Å². The van der Waals surface area contributed by atoms with Gasteiger partial charge in [-0.25, -0.2) is 9.78 Å². The first-order valence-corrected chi connectivity index (χ1v) is 7.46. The highest BCUT2D eigenvalue weighted by molar-refractivity contribution is 5.86. The predicted octanol–water partition coefficient (Wildman–Crippen LogP) is 3.59. The van der Waals surface area contributed by atoms with Crippen molar-refractivity contribution < 1.29 is 9.53 Å². The summed E-state index contributed by atoms with van der Waals surface area (Å²) >= 11 is 0. The zero-order valence-electron chi connectivity index (χ0n) is 12.0. The van der Waals surface area contributed by atoms with Crippen LogP contribution in [0.4, 0.5) is 0 Å². The molecule has 1 atom stereocenters. The summed E-state index contributed by atoms with van der Waals surface area (Å²) in [5.41, 5.74) is 0.427. The summed E-state index contributed by atoms with van der Waals surface area (Å²) in [6, 6.07) is 0.468. The molecule has 19 heavy (non-hydrogen) atoms. The van der Waals surface area contributed by atoms with Crippen LogP contribution in [0.5, 0.6) is 0 Å². The van der Waals surface area contributed by atoms with E-state index in [4.69, 9.17) is 4.74 Å². The molecule has 0 aromatic carbocycles. The lowest BCUT2D eigenvalue weighted by atomic mass is 9.83. The number of carbonyl (C=O) groups excluding carboxylic acids is 1. The minimum absolute atomic E-state index is 0.320. The fourth-order valence-corrected chi connectivity index (χ4v) is 3.14. The van der Waals surface area contributed by atoms with Gasteiger partial charge in [0, 0.05) is 12.2 Å². The molecule has 1 aromatic rings. The van der Waals surface area contributed by atoms with Crippen molar-refractivity contribution in [1.82, 2.24) is 9.55 Å². The number of rotatable bonds is 5. The van der Waals surface area contributed by atoms with Gasteiger partial charge < -0.3 is 9.30 Å². The highest BCUT2D eigenvalue weighted by Gasteiger charge is 2.24. The van der Waals surface area contributed by atoms with Gasteiger partial charge >= 0.3 is 5.97 Å². The van der Waals surface area contributed by atoms with E-state index in [-0.39, 0.29) is 5.97 Å². The Morgan fingerprint density at radius 3 is 2.79 bits per heavy atom. The van der Waals surface area contributed by atoms with Crippen LogP contribution in [0.1, 0.15) is 68.9 Å². The third-order valence-corrected chi connectivity index (χ3v) is 4.08. The Balaban J connectivity index is 2.08. The Morgan fingerprint density at radius 2 is 2.16 bits per heavy atom. The lowest BCUT2D eigenvalue weighted by Gasteiger charge is -2.30. The molecule has 0 saturated heterocycles. The van der Waals surface area contributed by atoms with Gasteiger partial charge in [-0.2, -0.15) is 0 Å². The fourth-order valence-electron chi connectivity index (χ4n) is 3.14. The van der Waals surface area contributed by atoms with Gasteiger partial charge in [-0.3, -0.25) is 0 Å². The monoisotopic (exact) mass is 264 g/mol. The van der Waals surface area contributed by atoms with Gasteiger partial charge in [0.25, 0.3) is 0 Å². The molecule has 4 heteroatoms. The summed E-state index contributed by atoms with van der Waals surface area (Å²) in [5, 5.41) is 0. The van der Waals surface area contributed by atoms with E-state index < -0.39 is 0 Å². The van der Waals surface area contributed by atoms with Crippen LogP contribution in [0.15, 0.2) is 12.5 Å². The van der Waals surface area contributed by atoms with E-state index in [9.17, 15) is 4.79 Å². The maximum atomic E-state index is 11.6. The first-order chi connectivity index (χ1) is 9.26. The van der Waals surface area contributed by atoms with Crippen molar-refractivity contribution in [3.63, 3.8) is 0 Å². The normalized spacial score (nSPS) is 18.2. The second kappa shape index (κ2) is 6.73. The molecular weight excluding hydrogens is 240 g/mol. The SMILES string of the molecule is CCOC(=O)c1cn(C(CC)C2CCCCC2)cn1. The topological polar surface area (TPSA) is 44.1 Å². The van der Waals surface area contributed by atoms with Crippen molar-refractivity contribution in [2.45, 2.75) is 58.4 Å². The smallest absolute Gasteiger partial charge is 0.358 e. The van der Waals surface area contributed by atoms with Gasteiger partial charge in [0.15, 0.2) is 5.69 Å². The van der Waals surface area contributed by atoms with E-state index in [1.165, 1.54) is 32.1 Å². The Kier molecular flexibility index (Phi) is 5.00. The molecule has 1 fully saturated rings. The maximum Gasteiger partial charge on any atom is 0.358 e. The lowest BCUT2D eigenvalue weighted by molar-refractivity contribution is 0.0520. The molecule has 106 valence electrons. The van der Waals surface area contributed by atoms with Gasteiger partial charge in [-0.15, -0.1) is 0 Å². The standard InChI is InChI=1S/C15H24N2O2/c1-3-14(12-8-6-5-7-9-12)17-10-13(16-11-17)15(18)19-4-2/h10-12,14H,3-9H2,1-2H3. The van der Waals surface area contributed by atoms with Gasteiger partial charge in [0.2, 0.25) is 0 Å². The van der Waals surface area contributed by atoms with Crippen molar-refractivity contribution in [2.75, 3.05) is 6.61 Å². The average Bonchev–Trinajstić information content (AvgIpc) is 2.91. The zero-order valence-corrected chi connectivity index (χ0v) is 12.0. The van der Waals surface area contributed by atoms with Gasteiger partial charge in [-0.05, 0) is 32.1 Å². The summed E-state index contributed by atoms with van der Waals surface area (Å²) in [7, 11) is 0. The number of ether oxygens (including phenoxy) is 1. The number of nitrogens with zero attached hydrogens (tertiary/aromatic N) is 2. The summed E-state index contributed by atoms with van der Waals surface area (Å²) in [5.74, 6) is 0.405. The number of carbonyl (C=O) groups is 1. The fraction of sp³-hybridized carbons (Fsp3) is 0.733. The van der Waals surface area contributed by atoms with Crippen molar-refractivity contribution >= 4 is 5.97 Å². The Hall–Kier alpha value is -1.32. The van der Waals surface area contributed by atoms with Crippen LogP contribution in [-0.2, 0) is 4.74 Å².